The van der Waals surface area contributed by atoms with Gasteiger partial charge in [-0.15, -0.1) is 0 Å². The maximum atomic E-state index is 12.8. The average Bonchev–Trinajstić information content (AvgIpc) is 2.80. The van der Waals surface area contributed by atoms with Crippen LogP contribution in [-0.2, 0) is 9.84 Å². The standard InChI is InChI=1S/C25H20O4S/c1-28-21-11-15-24(16-12-21)30(26,27)25-17-13-23(14-18-25)29-22-9-7-20(8-10-22)19-5-3-2-4-6-19/h2-18H,1H3. The molecule has 0 aromatic heterocycles. The van der Waals surface area contributed by atoms with E-state index in [0.717, 1.165) is 11.1 Å². The topological polar surface area (TPSA) is 52.6 Å². The van der Waals surface area contributed by atoms with Gasteiger partial charge in [0.05, 0.1) is 16.9 Å². The minimum Gasteiger partial charge on any atom is -0.497 e. The van der Waals surface area contributed by atoms with Crippen LogP contribution in [0.5, 0.6) is 17.2 Å². The minimum atomic E-state index is -3.60. The Hall–Kier alpha value is -3.57. The summed E-state index contributed by atoms with van der Waals surface area (Å²) in [5, 5.41) is 0. The van der Waals surface area contributed by atoms with Gasteiger partial charge in [-0.1, -0.05) is 42.5 Å². The highest BCUT2D eigenvalue weighted by Crippen LogP contribution is 2.28. The van der Waals surface area contributed by atoms with Gasteiger partial charge in [0.1, 0.15) is 17.2 Å². The Morgan fingerprint density at radius 3 is 1.47 bits per heavy atom. The second kappa shape index (κ2) is 8.43. The van der Waals surface area contributed by atoms with Crippen LogP contribution in [0, 0.1) is 0 Å². The quantitative estimate of drug-likeness (QED) is 0.388. The Labute approximate surface area is 176 Å². The van der Waals surface area contributed by atoms with E-state index in [-0.39, 0.29) is 9.79 Å². The molecule has 0 aliphatic heterocycles. The highest BCUT2D eigenvalue weighted by Gasteiger charge is 2.17. The third-order valence-electron chi connectivity index (χ3n) is 4.70. The Kier molecular flexibility index (Phi) is 5.55. The normalized spacial score (nSPS) is 11.1. The summed E-state index contributed by atoms with van der Waals surface area (Å²) in [5.74, 6) is 1.85. The fourth-order valence-corrected chi connectivity index (χ4v) is 4.32. The summed E-state index contributed by atoms with van der Waals surface area (Å²) in [6.45, 7) is 0. The van der Waals surface area contributed by atoms with Crippen LogP contribution in [-0.4, -0.2) is 15.5 Å². The van der Waals surface area contributed by atoms with Crippen molar-refractivity contribution in [2.24, 2.45) is 0 Å². The molecule has 0 atom stereocenters. The SMILES string of the molecule is COc1ccc(S(=O)(=O)c2ccc(Oc3ccc(-c4ccccc4)cc3)cc2)cc1. The fraction of sp³-hybridized carbons (Fsp3) is 0.0400. The molecule has 0 radical (unpaired) electrons. The smallest absolute Gasteiger partial charge is 0.206 e. The van der Waals surface area contributed by atoms with Crippen molar-refractivity contribution in [2.75, 3.05) is 7.11 Å². The van der Waals surface area contributed by atoms with E-state index in [0.29, 0.717) is 17.2 Å². The van der Waals surface area contributed by atoms with Crippen molar-refractivity contribution < 1.29 is 17.9 Å². The molecule has 150 valence electrons. The first-order chi connectivity index (χ1) is 14.6. The van der Waals surface area contributed by atoms with E-state index in [1.54, 1.807) is 36.4 Å². The molecule has 0 unspecified atom stereocenters. The highest BCUT2D eigenvalue weighted by atomic mass is 32.2. The Morgan fingerprint density at radius 2 is 0.967 bits per heavy atom. The summed E-state index contributed by atoms with van der Waals surface area (Å²) in [5.41, 5.74) is 2.24. The van der Waals surface area contributed by atoms with Crippen LogP contribution >= 0.6 is 0 Å². The molecular formula is C25H20O4S. The van der Waals surface area contributed by atoms with Crippen LogP contribution < -0.4 is 9.47 Å². The monoisotopic (exact) mass is 416 g/mol. The minimum absolute atomic E-state index is 0.208. The predicted octanol–water partition coefficient (Wildman–Crippen LogP) is 5.99. The summed E-state index contributed by atoms with van der Waals surface area (Å²) < 4.78 is 36.5. The van der Waals surface area contributed by atoms with E-state index in [2.05, 4.69) is 12.1 Å². The molecule has 0 aliphatic rings. The first-order valence-corrected chi connectivity index (χ1v) is 10.9. The molecule has 0 saturated carbocycles. The lowest BCUT2D eigenvalue weighted by atomic mass is 10.1. The molecule has 0 heterocycles. The summed E-state index contributed by atoms with van der Waals surface area (Å²) in [7, 11) is -2.06. The van der Waals surface area contributed by atoms with E-state index in [9.17, 15) is 8.42 Å². The van der Waals surface area contributed by atoms with E-state index in [1.165, 1.54) is 19.2 Å². The van der Waals surface area contributed by atoms with Crippen molar-refractivity contribution in [1.29, 1.82) is 0 Å². The molecule has 4 aromatic carbocycles. The largest absolute Gasteiger partial charge is 0.497 e. The van der Waals surface area contributed by atoms with Crippen LogP contribution in [0.3, 0.4) is 0 Å². The second-order valence-electron chi connectivity index (χ2n) is 6.64. The number of methoxy groups -OCH3 is 1. The second-order valence-corrected chi connectivity index (χ2v) is 8.59. The van der Waals surface area contributed by atoms with Crippen molar-refractivity contribution >= 4 is 9.84 Å². The molecule has 4 rings (SSSR count). The van der Waals surface area contributed by atoms with Crippen LogP contribution in [0.25, 0.3) is 11.1 Å². The van der Waals surface area contributed by atoms with Gasteiger partial charge in [-0.2, -0.15) is 0 Å². The van der Waals surface area contributed by atoms with Crippen LogP contribution in [0.2, 0.25) is 0 Å². The van der Waals surface area contributed by atoms with Gasteiger partial charge in [0.25, 0.3) is 0 Å². The van der Waals surface area contributed by atoms with E-state index in [4.69, 9.17) is 9.47 Å². The molecule has 30 heavy (non-hydrogen) atoms. The van der Waals surface area contributed by atoms with Gasteiger partial charge in [-0.3, -0.25) is 0 Å². The van der Waals surface area contributed by atoms with Gasteiger partial charge in [0.2, 0.25) is 9.84 Å². The molecular weight excluding hydrogens is 396 g/mol. The molecule has 0 saturated heterocycles. The van der Waals surface area contributed by atoms with E-state index in [1.807, 2.05) is 42.5 Å². The van der Waals surface area contributed by atoms with Crippen molar-refractivity contribution in [3.8, 4) is 28.4 Å². The number of rotatable bonds is 6. The first kappa shape index (κ1) is 19.7. The number of sulfone groups is 1. The highest BCUT2D eigenvalue weighted by molar-refractivity contribution is 7.91. The molecule has 4 nitrogen and oxygen atoms in total. The third kappa shape index (κ3) is 4.21. The van der Waals surface area contributed by atoms with E-state index < -0.39 is 9.84 Å². The molecule has 0 fully saturated rings. The maximum Gasteiger partial charge on any atom is 0.206 e. The van der Waals surface area contributed by atoms with Gasteiger partial charge in [0.15, 0.2) is 0 Å². The zero-order valence-corrected chi connectivity index (χ0v) is 17.2. The number of ether oxygens (including phenoxy) is 2. The average molecular weight is 416 g/mol. The fourth-order valence-electron chi connectivity index (χ4n) is 3.06. The van der Waals surface area contributed by atoms with E-state index >= 15 is 0 Å². The van der Waals surface area contributed by atoms with Gasteiger partial charge in [0, 0.05) is 0 Å². The van der Waals surface area contributed by atoms with Crippen LogP contribution in [0.4, 0.5) is 0 Å². The Bertz CT molecular complexity index is 1210. The van der Waals surface area contributed by atoms with Gasteiger partial charge < -0.3 is 9.47 Å². The Morgan fingerprint density at radius 1 is 0.533 bits per heavy atom. The molecule has 0 amide bonds. The maximum absolute atomic E-state index is 12.8. The lowest BCUT2D eigenvalue weighted by Gasteiger charge is -2.09. The van der Waals surface area contributed by atoms with Crippen LogP contribution in [0.1, 0.15) is 0 Å². The van der Waals surface area contributed by atoms with Crippen molar-refractivity contribution in [1.82, 2.24) is 0 Å². The zero-order chi connectivity index (χ0) is 21.0. The summed E-state index contributed by atoms with van der Waals surface area (Å²) in [6.07, 6.45) is 0. The molecule has 4 aromatic rings. The summed E-state index contributed by atoms with van der Waals surface area (Å²) >= 11 is 0. The third-order valence-corrected chi connectivity index (χ3v) is 6.49. The van der Waals surface area contributed by atoms with Gasteiger partial charge in [-0.05, 0) is 71.8 Å². The molecule has 0 bridgehead atoms. The molecule has 5 heteroatoms. The van der Waals surface area contributed by atoms with Crippen molar-refractivity contribution in [2.45, 2.75) is 9.79 Å². The molecule has 0 spiro atoms. The summed E-state index contributed by atoms with van der Waals surface area (Å²) in [4.78, 5) is 0.424. The number of benzene rings is 4. The lowest BCUT2D eigenvalue weighted by Crippen LogP contribution is -2.01. The predicted molar refractivity (Wildman–Crippen MR) is 117 cm³/mol. The Balaban J connectivity index is 1.49. The van der Waals surface area contributed by atoms with Gasteiger partial charge >= 0.3 is 0 Å². The van der Waals surface area contributed by atoms with Crippen LogP contribution in [0.15, 0.2) is 113 Å². The number of hydrogen-bond donors (Lipinski definition) is 0. The van der Waals surface area contributed by atoms with Crippen molar-refractivity contribution in [3.63, 3.8) is 0 Å². The lowest BCUT2D eigenvalue weighted by molar-refractivity contribution is 0.414. The first-order valence-electron chi connectivity index (χ1n) is 9.39. The van der Waals surface area contributed by atoms with Crippen molar-refractivity contribution in [3.05, 3.63) is 103 Å². The zero-order valence-electron chi connectivity index (χ0n) is 16.4. The number of hydrogen-bond acceptors (Lipinski definition) is 4. The molecule has 0 N–H and O–H groups in total. The molecule has 0 aliphatic carbocycles. The van der Waals surface area contributed by atoms with Gasteiger partial charge in [-0.25, -0.2) is 8.42 Å². The summed E-state index contributed by atoms with van der Waals surface area (Å²) in [6, 6.07) is 30.6.